The highest BCUT2D eigenvalue weighted by Crippen LogP contribution is 2.32. The maximum atomic E-state index is 13.5. The summed E-state index contributed by atoms with van der Waals surface area (Å²) in [5.41, 5.74) is 7.08. The number of rotatable bonds is 11. The molecule has 4 N–H and O–H groups in total. The van der Waals surface area contributed by atoms with Crippen LogP contribution in [0.4, 0.5) is 10.5 Å². The number of nitrogens with zero attached hydrogens (tertiary/aromatic N) is 1. The SMILES string of the molecule is CC(C)CN(C[C@@H](O)[C@H](Cc1ccccc1)NC(=O)O[C@@H]1CO[C@@H]2OCCC[C@@H]21)S(=O)(=O)c1ccc(N)cc1. The molecule has 0 spiro atoms. The predicted octanol–water partition coefficient (Wildman–Crippen LogP) is 2.77. The molecule has 2 aromatic carbocycles. The number of carbonyl (C=O) groups is 1. The Morgan fingerprint density at radius 1 is 1.13 bits per heavy atom. The third-order valence-electron chi connectivity index (χ3n) is 7.02. The Balaban J connectivity index is 1.50. The van der Waals surface area contributed by atoms with Crippen LogP contribution in [-0.2, 0) is 30.7 Å². The van der Waals surface area contributed by atoms with Gasteiger partial charge in [-0.3, -0.25) is 0 Å². The quantitative estimate of drug-likeness (QED) is 0.356. The number of alkyl carbamates (subject to hydrolysis) is 1. The van der Waals surface area contributed by atoms with E-state index in [0.717, 1.165) is 18.4 Å². The molecule has 0 saturated carbocycles. The fourth-order valence-corrected chi connectivity index (χ4v) is 6.64. The van der Waals surface area contributed by atoms with Crippen LogP contribution in [0.1, 0.15) is 32.3 Å². The highest BCUT2D eigenvalue weighted by Gasteiger charge is 2.42. The summed E-state index contributed by atoms with van der Waals surface area (Å²) in [4.78, 5) is 13.1. The van der Waals surface area contributed by atoms with E-state index in [1.165, 1.54) is 28.6 Å². The normalized spacial score (nSPS) is 22.8. The number of ether oxygens (including phenoxy) is 3. The third-order valence-corrected chi connectivity index (χ3v) is 8.86. The molecule has 2 aromatic rings. The first kappa shape index (κ1) is 29.3. The standard InChI is InChI=1S/C28H39N3O7S/c1-19(2)16-31(39(34,35)22-12-10-21(29)11-13-22)17-25(32)24(15-20-7-4-3-5-8-20)30-28(33)38-26-18-37-27-23(26)9-6-14-36-27/h3-5,7-8,10-13,19,23-27,32H,6,9,14-18,29H2,1-2H3,(H,30,33)/t23-,24+,25-,26-,27+/m1/s1. The van der Waals surface area contributed by atoms with E-state index < -0.39 is 34.4 Å². The number of carbonyl (C=O) groups excluding carboxylic acids is 1. The Bertz CT molecular complexity index is 1180. The second-order valence-corrected chi connectivity index (χ2v) is 12.6. The number of sulfonamides is 1. The van der Waals surface area contributed by atoms with Crippen LogP contribution in [-0.4, -0.2) is 74.8 Å². The third kappa shape index (κ3) is 7.70. The van der Waals surface area contributed by atoms with Crippen molar-refractivity contribution in [3.05, 3.63) is 60.2 Å². The van der Waals surface area contributed by atoms with Crippen molar-refractivity contribution >= 4 is 21.8 Å². The van der Waals surface area contributed by atoms with Gasteiger partial charge in [-0.15, -0.1) is 0 Å². The van der Waals surface area contributed by atoms with Crippen molar-refractivity contribution in [2.24, 2.45) is 11.8 Å². The largest absolute Gasteiger partial charge is 0.443 e. The van der Waals surface area contributed by atoms with Crippen molar-refractivity contribution in [1.29, 1.82) is 0 Å². The lowest BCUT2D eigenvalue weighted by atomic mass is 9.97. The van der Waals surface area contributed by atoms with Crippen molar-refractivity contribution in [2.45, 2.75) is 62.5 Å². The van der Waals surface area contributed by atoms with Crippen LogP contribution in [0.15, 0.2) is 59.5 Å². The van der Waals surface area contributed by atoms with Crippen molar-refractivity contribution in [1.82, 2.24) is 9.62 Å². The van der Waals surface area contributed by atoms with Gasteiger partial charge in [-0.05, 0) is 55.0 Å². The van der Waals surface area contributed by atoms with Gasteiger partial charge < -0.3 is 30.4 Å². The fourth-order valence-electron chi connectivity index (χ4n) is 5.02. The number of benzene rings is 2. The summed E-state index contributed by atoms with van der Waals surface area (Å²) in [5.74, 6) is -0.0344. The van der Waals surface area contributed by atoms with Crippen LogP contribution >= 0.6 is 0 Å². The lowest BCUT2D eigenvalue weighted by molar-refractivity contribution is -0.152. The summed E-state index contributed by atoms with van der Waals surface area (Å²) in [5, 5.41) is 14.2. The summed E-state index contributed by atoms with van der Waals surface area (Å²) in [6, 6.07) is 14.5. The monoisotopic (exact) mass is 561 g/mol. The number of aliphatic hydroxyl groups is 1. The Morgan fingerprint density at radius 3 is 2.54 bits per heavy atom. The molecule has 0 unspecified atom stereocenters. The minimum absolute atomic E-state index is 0.000668. The van der Waals surface area contributed by atoms with E-state index in [4.69, 9.17) is 19.9 Å². The van der Waals surface area contributed by atoms with Crippen molar-refractivity contribution < 1.29 is 32.5 Å². The second kappa shape index (κ2) is 13.1. The van der Waals surface area contributed by atoms with Gasteiger partial charge in [-0.25, -0.2) is 13.2 Å². The van der Waals surface area contributed by atoms with E-state index in [1.807, 2.05) is 44.2 Å². The number of hydrogen-bond donors (Lipinski definition) is 3. The molecule has 1 amide bonds. The minimum atomic E-state index is -3.93. The fraction of sp³-hybridized carbons (Fsp3) is 0.536. The molecule has 4 rings (SSSR count). The predicted molar refractivity (Wildman–Crippen MR) is 146 cm³/mol. The van der Waals surface area contributed by atoms with E-state index >= 15 is 0 Å². The zero-order chi connectivity index (χ0) is 28.0. The smallest absolute Gasteiger partial charge is 0.407 e. The zero-order valence-electron chi connectivity index (χ0n) is 22.4. The molecule has 0 bridgehead atoms. The molecule has 2 heterocycles. The lowest BCUT2D eigenvalue weighted by Gasteiger charge is -2.31. The molecule has 2 aliphatic heterocycles. The van der Waals surface area contributed by atoms with E-state index in [9.17, 15) is 18.3 Å². The van der Waals surface area contributed by atoms with Gasteiger partial charge >= 0.3 is 6.09 Å². The van der Waals surface area contributed by atoms with Gasteiger partial charge in [-0.1, -0.05) is 44.2 Å². The van der Waals surface area contributed by atoms with Gasteiger partial charge in [0.05, 0.1) is 23.6 Å². The Kier molecular flexibility index (Phi) is 9.84. The summed E-state index contributed by atoms with van der Waals surface area (Å²) in [6.45, 7) is 4.65. The van der Waals surface area contributed by atoms with Gasteiger partial charge in [0.25, 0.3) is 0 Å². The molecule has 2 aliphatic rings. The van der Waals surface area contributed by atoms with Gasteiger partial charge in [0.2, 0.25) is 10.0 Å². The summed E-state index contributed by atoms with van der Waals surface area (Å²) >= 11 is 0. The molecule has 10 nitrogen and oxygen atoms in total. The van der Waals surface area contributed by atoms with E-state index in [0.29, 0.717) is 12.3 Å². The molecular weight excluding hydrogens is 522 g/mol. The molecule has 5 atom stereocenters. The topological polar surface area (TPSA) is 140 Å². The first-order valence-electron chi connectivity index (χ1n) is 13.4. The molecule has 39 heavy (non-hydrogen) atoms. The maximum absolute atomic E-state index is 13.5. The van der Waals surface area contributed by atoms with Crippen LogP contribution in [0.3, 0.4) is 0 Å². The summed E-state index contributed by atoms with van der Waals surface area (Å²) < 4.78 is 45.3. The minimum Gasteiger partial charge on any atom is -0.443 e. The van der Waals surface area contributed by atoms with Crippen LogP contribution < -0.4 is 11.1 Å². The number of aliphatic hydroxyl groups excluding tert-OH is 1. The van der Waals surface area contributed by atoms with Gasteiger partial charge in [0.15, 0.2) is 6.29 Å². The first-order chi connectivity index (χ1) is 18.6. The number of nitrogens with two attached hydrogens (primary N) is 1. The average Bonchev–Trinajstić information content (AvgIpc) is 3.31. The number of hydrogen-bond acceptors (Lipinski definition) is 8. The van der Waals surface area contributed by atoms with Crippen molar-refractivity contribution in [3.63, 3.8) is 0 Å². The molecule has 2 fully saturated rings. The van der Waals surface area contributed by atoms with Crippen LogP contribution in [0.25, 0.3) is 0 Å². The van der Waals surface area contributed by atoms with Crippen LogP contribution in [0, 0.1) is 11.8 Å². The van der Waals surface area contributed by atoms with Gasteiger partial charge in [0.1, 0.15) is 6.10 Å². The number of amides is 1. The number of nitrogen functional groups attached to an aromatic ring is 1. The highest BCUT2D eigenvalue weighted by atomic mass is 32.2. The first-order valence-corrected chi connectivity index (χ1v) is 14.9. The summed E-state index contributed by atoms with van der Waals surface area (Å²) in [7, 11) is -3.93. The van der Waals surface area contributed by atoms with Gasteiger partial charge in [-0.2, -0.15) is 4.31 Å². The Hall–Kier alpha value is -2.70. The maximum Gasteiger partial charge on any atom is 0.407 e. The Labute approximate surface area is 230 Å². The molecular formula is C28H39N3O7S. The zero-order valence-corrected chi connectivity index (χ0v) is 23.3. The van der Waals surface area contributed by atoms with Crippen molar-refractivity contribution in [2.75, 3.05) is 32.0 Å². The van der Waals surface area contributed by atoms with E-state index in [2.05, 4.69) is 5.32 Å². The number of anilines is 1. The van der Waals surface area contributed by atoms with E-state index in [1.54, 1.807) is 0 Å². The lowest BCUT2D eigenvalue weighted by Crippen LogP contribution is -2.51. The number of nitrogens with one attached hydrogen (secondary N) is 1. The summed E-state index contributed by atoms with van der Waals surface area (Å²) in [6.07, 6.45) is -0.734. The molecule has 0 radical (unpaired) electrons. The number of fused-ring (bicyclic) bond motifs is 1. The van der Waals surface area contributed by atoms with Crippen molar-refractivity contribution in [3.8, 4) is 0 Å². The van der Waals surface area contributed by atoms with Crippen LogP contribution in [0.5, 0.6) is 0 Å². The average molecular weight is 562 g/mol. The second-order valence-electron chi connectivity index (χ2n) is 10.6. The van der Waals surface area contributed by atoms with Gasteiger partial charge in [0, 0.05) is 31.3 Å². The van der Waals surface area contributed by atoms with Crippen LogP contribution in [0.2, 0.25) is 0 Å². The highest BCUT2D eigenvalue weighted by molar-refractivity contribution is 7.89. The molecule has 2 saturated heterocycles. The molecule has 214 valence electrons. The molecule has 0 aliphatic carbocycles. The molecule has 0 aromatic heterocycles. The Morgan fingerprint density at radius 2 is 1.85 bits per heavy atom. The van der Waals surface area contributed by atoms with E-state index in [-0.39, 0.29) is 49.1 Å². The molecule has 11 heteroatoms.